The second-order valence-electron chi connectivity index (χ2n) is 5.00. The minimum absolute atomic E-state index is 0.740. The Bertz CT molecular complexity index is 230. The molecule has 1 aliphatic rings. The molecule has 0 aromatic carbocycles. The van der Waals surface area contributed by atoms with Crippen molar-refractivity contribution in [3.8, 4) is 0 Å². The largest absolute Gasteiger partial charge is 0.0810 e. The molecule has 15 heavy (non-hydrogen) atoms. The van der Waals surface area contributed by atoms with E-state index in [9.17, 15) is 0 Å². The Morgan fingerprint density at radius 2 is 2.00 bits per heavy atom. The Morgan fingerprint density at radius 1 is 1.20 bits per heavy atom. The van der Waals surface area contributed by atoms with Gasteiger partial charge in [0.05, 0.1) is 0 Å². The maximum Gasteiger partial charge on any atom is -0.0257 e. The van der Waals surface area contributed by atoms with Gasteiger partial charge in [-0.3, -0.25) is 0 Å². The maximum absolute atomic E-state index is 2.46. The summed E-state index contributed by atoms with van der Waals surface area (Å²) in [5, 5.41) is 0. The molecule has 1 aliphatic carbocycles. The fraction of sp³-hybridized carbons (Fsp3) is 0.733. The Morgan fingerprint density at radius 3 is 2.67 bits per heavy atom. The lowest BCUT2D eigenvalue weighted by Gasteiger charge is -2.16. The zero-order valence-corrected chi connectivity index (χ0v) is 10.7. The lowest BCUT2D eigenvalue weighted by molar-refractivity contribution is 0.657. The summed E-state index contributed by atoms with van der Waals surface area (Å²) in [6, 6.07) is 0. The van der Waals surface area contributed by atoms with E-state index in [0.29, 0.717) is 0 Å². The second kappa shape index (κ2) is 6.87. The Labute approximate surface area is 95.5 Å². The van der Waals surface area contributed by atoms with Crippen molar-refractivity contribution < 1.29 is 0 Å². The van der Waals surface area contributed by atoms with Gasteiger partial charge in [0, 0.05) is 0 Å². The van der Waals surface area contributed by atoms with E-state index in [2.05, 4.69) is 32.9 Å². The first-order valence-corrected chi connectivity index (χ1v) is 6.63. The first-order valence-electron chi connectivity index (χ1n) is 6.63. The average molecular weight is 206 g/mol. The first kappa shape index (κ1) is 12.5. The van der Waals surface area contributed by atoms with Crippen molar-refractivity contribution >= 4 is 0 Å². The molecule has 0 nitrogen and oxygen atoms in total. The quantitative estimate of drug-likeness (QED) is 0.520. The Hall–Kier alpha value is -0.520. The van der Waals surface area contributed by atoms with Crippen molar-refractivity contribution in [1.82, 2.24) is 0 Å². The van der Waals surface area contributed by atoms with Gasteiger partial charge >= 0.3 is 0 Å². The van der Waals surface area contributed by atoms with E-state index < -0.39 is 0 Å². The molecule has 0 saturated carbocycles. The van der Waals surface area contributed by atoms with Gasteiger partial charge in [-0.1, -0.05) is 63.3 Å². The molecule has 0 bridgehead atoms. The molecule has 0 fully saturated rings. The minimum atomic E-state index is 0.740. The highest BCUT2D eigenvalue weighted by molar-refractivity contribution is 5.28. The molecule has 1 rings (SSSR count). The topological polar surface area (TPSA) is 0 Å². The molecule has 0 unspecified atom stereocenters. The Balaban J connectivity index is 2.32. The van der Waals surface area contributed by atoms with Crippen molar-refractivity contribution in [2.45, 2.75) is 65.7 Å². The van der Waals surface area contributed by atoms with Crippen molar-refractivity contribution in [3.63, 3.8) is 0 Å². The van der Waals surface area contributed by atoms with Crippen LogP contribution >= 0.6 is 0 Å². The van der Waals surface area contributed by atoms with Crippen LogP contribution in [0.15, 0.2) is 23.3 Å². The molecule has 0 spiro atoms. The normalized spacial score (nSPS) is 16.5. The van der Waals surface area contributed by atoms with Gasteiger partial charge in [0.1, 0.15) is 0 Å². The van der Waals surface area contributed by atoms with Gasteiger partial charge in [0.25, 0.3) is 0 Å². The van der Waals surface area contributed by atoms with E-state index in [1.54, 1.807) is 11.1 Å². The van der Waals surface area contributed by atoms with Crippen LogP contribution < -0.4 is 0 Å². The summed E-state index contributed by atoms with van der Waals surface area (Å²) in [5.74, 6) is 0.740. The number of allylic oxidation sites excluding steroid dienone is 4. The molecule has 0 saturated heterocycles. The fourth-order valence-electron chi connectivity index (χ4n) is 2.18. The van der Waals surface area contributed by atoms with Crippen LogP contribution in [0.5, 0.6) is 0 Å². The van der Waals surface area contributed by atoms with Gasteiger partial charge in [0.2, 0.25) is 0 Å². The van der Waals surface area contributed by atoms with Crippen LogP contribution in [-0.4, -0.2) is 0 Å². The molecule has 0 N–H and O–H groups in total. The standard InChI is InChI=1S/C15H26/c1-4-5-6-7-9-14-10-8-11-15(12-14)13(2)3/h10,12-13H,4-9,11H2,1-3H3. The predicted octanol–water partition coefficient (Wildman–Crippen LogP) is 5.26. The second-order valence-corrected chi connectivity index (χ2v) is 5.00. The van der Waals surface area contributed by atoms with E-state index in [-0.39, 0.29) is 0 Å². The molecule has 0 aromatic heterocycles. The van der Waals surface area contributed by atoms with E-state index in [1.165, 1.54) is 44.9 Å². The highest BCUT2D eigenvalue weighted by atomic mass is 14.1. The van der Waals surface area contributed by atoms with Crippen LogP contribution in [0.3, 0.4) is 0 Å². The van der Waals surface area contributed by atoms with Crippen LogP contribution in [0.1, 0.15) is 65.7 Å². The number of hydrogen-bond donors (Lipinski definition) is 0. The molecule has 0 heteroatoms. The minimum Gasteiger partial charge on any atom is -0.0810 e. The van der Waals surface area contributed by atoms with Crippen molar-refractivity contribution in [2.24, 2.45) is 5.92 Å². The van der Waals surface area contributed by atoms with Gasteiger partial charge < -0.3 is 0 Å². The molecule has 0 radical (unpaired) electrons. The lowest BCUT2D eigenvalue weighted by atomic mass is 9.90. The summed E-state index contributed by atoms with van der Waals surface area (Å²) < 4.78 is 0. The van der Waals surface area contributed by atoms with E-state index in [1.807, 2.05) is 0 Å². The van der Waals surface area contributed by atoms with Crippen LogP contribution in [-0.2, 0) is 0 Å². The third kappa shape index (κ3) is 4.68. The highest BCUT2D eigenvalue weighted by Crippen LogP contribution is 2.26. The van der Waals surface area contributed by atoms with Crippen molar-refractivity contribution in [2.75, 3.05) is 0 Å². The van der Waals surface area contributed by atoms with Gasteiger partial charge in [-0.2, -0.15) is 0 Å². The molecule has 0 aromatic rings. The lowest BCUT2D eigenvalue weighted by Crippen LogP contribution is -1.99. The highest BCUT2D eigenvalue weighted by Gasteiger charge is 2.08. The van der Waals surface area contributed by atoms with Crippen molar-refractivity contribution in [3.05, 3.63) is 23.3 Å². The van der Waals surface area contributed by atoms with E-state index >= 15 is 0 Å². The van der Waals surface area contributed by atoms with Crippen molar-refractivity contribution in [1.29, 1.82) is 0 Å². The van der Waals surface area contributed by atoms with Gasteiger partial charge in [-0.05, 0) is 31.6 Å². The molecule has 86 valence electrons. The molecular weight excluding hydrogens is 180 g/mol. The molecular formula is C15H26. The zero-order chi connectivity index (χ0) is 11.1. The summed E-state index contributed by atoms with van der Waals surface area (Å²) in [5.41, 5.74) is 3.25. The monoisotopic (exact) mass is 206 g/mol. The van der Waals surface area contributed by atoms with E-state index in [0.717, 1.165) is 5.92 Å². The summed E-state index contributed by atoms with van der Waals surface area (Å²) in [4.78, 5) is 0. The van der Waals surface area contributed by atoms with Gasteiger partial charge in [-0.15, -0.1) is 0 Å². The maximum atomic E-state index is 2.46. The zero-order valence-electron chi connectivity index (χ0n) is 10.7. The van der Waals surface area contributed by atoms with Crippen LogP contribution in [0.2, 0.25) is 0 Å². The molecule has 0 heterocycles. The van der Waals surface area contributed by atoms with Crippen LogP contribution in [0.4, 0.5) is 0 Å². The fourth-order valence-corrected chi connectivity index (χ4v) is 2.18. The SMILES string of the molecule is CCCCCCC1=CCCC(C(C)C)=C1. The van der Waals surface area contributed by atoms with Crippen LogP contribution in [0.25, 0.3) is 0 Å². The molecule has 0 aliphatic heterocycles. The van der Waals surface area contributed by atoms with Gasteiger partial charge in [0.15, 0.2) is 0 Å². The number of unbranched alkanes of at least 4 members (excludes halogenated alkanes) is 3. The summed E-state index contributed by atoms with van der Waals surface area (Å²) in [6.45, 7) is 6.90. The average Bonchev–Trinajstić information content (AvgIpc) is 2.25. The number of hydrogen-bond acceptors (Lipinski definition) is 0. The molecule has 0 amide bonds. The molecule has 0 atom stereocenters. The van der Waals surface area contributed by atoms with Crippen LogP contribution in [0, 0.1) is 5.92 Å². The summed E-state index contributed by atoms with van der Waals surface area (Å²) in [6.07, 6.45) is 14.3. The third-order valence-corrected chi connectivity index (χ3v) is 3.27. The summed E-state index contributed by atoms with van der Waals surface area (Å²) >= 11 is 0. The Kier molecular flexibility index (Phi) is 5.75. The summed E-state index contributed by atoms with van der Waals surface area (Å²) in [7, 11) is 0. The number of rotatable bonds is 6. The van der Waals surface area contributed by atoms with Gasteiger partial charge in [-0.25, -0.2) is 0 Å². The first-order chi connectivity index (χ1) is 7.24. The predicted molar refractivity (Wildman–Crippen MR) is 69.0 cm³/mol. The van der Waals surface area contributed by atoms with E-state index in [4.69, 9.17) is 0 Å². The third-order valence-electron chi connectivity index (χ3n) is 3.27. The smallest absolute Gasteiger partial charge is 0.0257 e.